The molecule has 1 aromatic carbocycles. The molecule has 2 atom stereocenters. The molecule has 116 valence electrons. The highest BCUT2D eigenvalue weighted by atomic mass is 16.2. The zero-order valence-electron chi connectivity index (χ0n) is 13.1. The third kappa shape index (κ3) is 4.46. The van der Waals surface area contributed by atoms with E-state index in [0.717, 1.165) is 24.7 Å². The smallest absolute Gasteiger partial charge is 0.241 e. The molecule has 4 heteroatoms. The number of nitrogen functional groups attached to an aromatic ring is 1. The highest BCUT2D eigenvalue weighted by Gasteiger charge is 2.24. The Morgan fingerprint density at radius 1 is 1.43 bits per heavy atom. The second kappa shape index (κ2) is 7.46. The molecular formula is C17H27N3O. The van der Waals surface area contributed by atoms with Crippen molar-refractivity contribution in [3.63, 3.8) is 0 Å². The Kier molecular flexibility index (Phi) is 5.62. The molecule has 1 aromatic rings. The van der Waals surface area contributed by atoms with E-state index in [1.54, 1.807) is 6.07 Å². The van der Waals surface area contributed by atoms with Crippen molar-refractivity contribution in [2.45, 2.75) is 45.6 Å². The molecule has 1 aliphatic heterocycles. The molecule has 4 nitrogen and oxygen atoms in total. The Balaban J connectivity index is 1.92. The van der Waals surface area contributed by atoms with Crippen LogP contribution in [0.2, 0.25) is 0 Å². The van der Waals surface area contributed by atoms with Gasteiger partial charge in [-0.1, -0.05) is 19.4 Å². The second-order valence-electron chi connectivity index (χ2n) is 6.03. The standard InChI is InChI=1S/C17H27N3O/c1-3-14-6-5-10-20(11-9-14)13(2)17(21)19-16-8-4-7-15(18)12-16/h4,7-8,12-14H,3,5-6,9-11,18H2,1-2H3,(H,19,21). The summed E-state index contributed by atoms with van der Waals surface area (Å²) in [7, 11) is 0. The van der Waals surface area contributed by atoms with Crippen LogP contribution in [-0.4, -0.2) is 29.9 Å². The maximum absolute atomic E-state index is 12.4. The first-order valence-electron chi connectivity index (χ1n) is 8.00. The van der Waals surface area contributed by atoms with E-state index in [0.29, 0.717) is 5.69 Å². The van der Waals surface area contributed by atoms with Crippen LogP contribution in [0.4, 0.5) is 11.4 Å². The number of hydrogen-bond acceptors (Lipinski definition) is 3. The number of carbonyl (C=O) groups is 1. The van der Waals surface area contributed by atoms with Crippen LogP contribution in [0.1, 0.15) is 39.5 Å². The number of rotatable bonds is 4. The first kappa shape index (κ1) is 15.8. The van der Waals surface area contributed by atoms with Gasteiger partial charge in [-0.15, -0.1) is 0 Å². The summed E-state index contributed by atoms with van der Waals surface area (Å²) in [5.41, 5.74) is 7.18. The van der Waals surface area contributed by atoms with E-state index in [2.05, 4.69) is 17.1 Å². The van der Waals surface area contributed by atoms with Gasteiger partial charge in [0, 0.05) is 11.4 Å². The quantitative estimate of drug-likeness (QED) is 0.837. The van der Waals surface area contributed by atoms with Crippen LogP contribution >= 0.6 is 0 Å². The van der Waals surface area contributed by atoms with Gasteiger partial charge in [-0.2, -0.15) is 0 Å². The molecule has 2 rings (SSSR count). The van der Waals surface area contributed by atoms with Crippen LogP contribution in [-0.2, 0) is 4.79 Å². The molecule has 0 aliphatic carbocycles. The first-order chi connectivity index (χ1) is 10.1. The van der Waals surface area contributed by atoms with Gasteiger partial charge >= 0.3 is 0 Å². The number of likely N-dealkylation sites (tertiary alicyclic amines) is 1. The zero-order chi connectivity index (χ0) is 15.2. The Hall–Kier alpha value is -1.55. The van der Waals surface area contributed by atoms with Crippen molar-refractivity contribution in [2.24, 2.45) is 5.92 Å². The second-order valence-corrected chi connectivity index (χ2v) is 6.03. The molecule has 0 saturated carbocycles. The summed E-state index contributed by atoms with van der Waals surface area (Å²) in [5.74, 6) is 0.870. The van der Waals surface area contributed by atoms with E-state index >= 15 is 0 Å². The maximum Gasteiger partial charge on any atom is 0.241 e. The molecule has 1 amide bonds. The maximum atomic E-state index is 12.4. The summed E-state index contributed by atoms with van der Waals surface area (Å²) in [6.45, 7) is 6.29. The molecule has 0 bridgehead atoms. The number of amides is 1. The van der Waals surface area contributed by atoms with Crippen molar-refractivity contribution in [2.75, 3.05) is 24.1 Å². The molecule has 1 aliphatic rings. The van der Waals surface area contributed by atoms with Crippen molar-refractivity contribution in [3.8, 4) is 0 Å². The van der Waals surface area contributed by atoms with Crippen LogP contribution in [0.15, 0.2) is 24.3 Å². The van der Waals surface area contributed by atoms with Gasteiger partial charge in [0.2, 0.25) is 5.91 Å². The molecule has 3 N–H and O–H groups in total. The molecule has 2 unspecified atom stereocenters. The lowest BCUT2D eigenvalue weighted by atomic mass is 9.98. The fraction of sp³-hybridized carbons (Fsp3) is 0.588. The van der Waals surface area contributed by atoms with Crippen LogP contribution in [0.25, 0.3) is 0 Å². The fourth-order valence-corrected chi connectivity index (χ4v) is 3.01. The highest BCUT2D eigenvalue weighted by molar-refractivity contribution is 5.94. The molecule has 21 heavy (non-hydrogen) atoms. The highest BCUT2D eigenvalue weighted by Crippen LogP contribution is 2.22. The summed E-state index contributed by atoms with van der Waals surface area (Å²) in [4.78, 5) is 14.7. The summed E-state index contributed by atoms with van der Waals surface area (Å²) in [6.07, 6.45) is 4.93. The van der Waals surface area contributed by atoms with E-state index in [-0.39, 0.29) is 11.9 Å². The van der Waals surface area contributed by atoms with E-state index in [1.807, 2.05) is 25.1 Å². The van der Waals surface area contributed by atoms with Crippen molar-refractivity contribution in [1.29, 1.82) is 0 Å². The van der Waals surface area contributed by atoms with E-state index in [4.69, 9.17) is 5.73 Å². The largest absolute Gasteiger partial charge is 0.399 e. The number of nitrogens with two attached hydrogens (primary N) is 1. The Bertz CT molecular complexity index is 475. The van der Waals surface area contributed by atoms with Crippen LogP contribution in [0, 0.1) is 5.92 Å². The van der Waals surface area contributed by atoms with Gasteiger partial charge in [0.25, 0.3) is 0 Å². The molecule has 1 fully saturated rings. The van der Waals surface area contributed by atoms with E-state index in [1.165, 1.54) is 25.7 Å². The summed E-state index contributed by atoms with van der Waals surface area (Å²) >= 11 is 0. The van der Waals surface area contributed by atoms with Gasteiger partial charge in [0.1, 0.15) is 0 Å². The van der Waals surface area contributed by atoms with Gasteiger partial charge in [0.05, 0.1) is 6.04 Å². The number of benzene rings is 1. The topological polar surface area (TPSA) is 58.4 Å². The van der Waals surface area contributed by atoms with Crippen LogP contribution < -0.4 is 11.1 Å². The molecule has 1 saturated heterocycles. The van der Waals surface area contributed by atoms with Crippen molar-refractivity contribution in [3.05, 3.63) is 24.3 Å². The molecule has 1 heterocycles. The van der Waals surface area contributed by atoms with Crippen molar-refractivity contribution >= 4 is 17.3 Å². The Labute approximate surface area is 127 Å². The third-order valence-electron chi connectivity index (χ3n) is 4.54. The number of nitrogens with one attached hydrogen (secondary N) is 1. The van der Waals surface area contributed by atoms with Gasteiger partial charge < -0.3 is 11.1 Å². The lowest BCUT2D eigenvalue weighted by molar-refractivity contribution is -0.120. The van der Waals surface area contributed by atoms with Crippen molar-refractivity contribution < 1.29 is 4.79 Å². The lowest BCUT2D eigenvalue weighted by Crippen LogP contribution is -2.42. The predicted molar refractivity (Wildman–Crippen MR) is 88.2 cm³/mol. The zero-order valence-corrected chi connectivity index (χ0v) is 13.1. The monoisotopic (exact) mass is 289 g/mol. The first-order valence-corrected chi connectivity index (χ1v) is 8.00. The SMILES string of the molecule is CCC1CCCN(C(C)C(=O)Nc2cccc(N)c2)CC1. The summed E-state index contributed by atoms with van der Waals surface area (Å²) < 4.78 is 0. The lowest BCUT2D eigenvalue weighted by Gasteiger charge is -2.26. The number of hydrogen-bond donors (Lipinski definition) is 2. The minimum Gasteiger partial charge on any atom is -0.399 e. The minimum atomic E-state index is -0.0953. The number of anilines is 2. The fourth-order valence-electron chi connectivity index (χ4n) is 3.01. The molecule has 0 spiro atoms. The van der Waals surface area contributed by atoms with Gasteiger partial charge in [-0.25, -0.2) is 0 Å². The van der Waals surface area contributed by atoms with Crippen LogP contribution in [0.3, 0.4) is 0 Å². The average Bonchev–Trinajstić information content (AvgIpc) is 2.71. The Morgan fingerprint density at radius 3 is 2.95 bits per heavy atom. The van der Waals surface area contributed by atoms with Crippen LogP contribution in [0.5, 0.6) is 0 Å². The summed E-state index contributed by atoms with van der Waals surface area (Å²) in [5, 5.41) is 2.96. The van der Waals surface area contributed by atoms with Gasteiger partial charge in [-0.05, 0) is 63.4 Å². The van der Waals surface area contributed by atoms with E-state index < -0.39 is 0 Å². The van der Waals surface area contributed by atoms with Gasteiger partial charge in [0.15, 0.2) is 0 Å². The molecule has 0 radical (unpaired) electrons. The average molecular weight is 289 g/mol. The predicted octanol–water partition coefficient (Wildman–Crippen LogP) is 3.11. The Morgan fingerprint density at radius 2 is 2.24 bits per heavy atom. The van der Waals surface area contributed by atoms with Crippen molar-refractivity contribution in [1.82, 2.24) is 4.90 Å². The van der Waals surface area contributed by atoms with E-state index in [9.17, 15) is 4.79 Å². The summed E-state index contributed by atoms with van der Waals surface area (Å²) in [6, 6.07) is 7.24. The minimum absolute atomic E-state index is 0.0514. The van der Waals surface area contributed by atoms with Gasteiger partial charge in [-0.3, -0.25) is 9.69 Å². The third-order valence-corrected chi connectivity index (χ3v) is 4.54. The molecular weight excluding hydrogens is 262 g/mol. The molecule has 0 aromatic heterocycles. The number of carbonyl (C=O) groups excluding carboxylic acids is 1. The number of nitrogens with zero attached hydrogens (tertiary/aromatic N) is 1. The normalized spacial score (nSPS) is 21.5.